The van der Waals surface area contributed by atoms with Gasteiger partial charge in [-0.3, -0.25) is 13.8 Å². The first kappa shape index (κ1) is 14.5. The average Bonchev–Trinajstić information content (AvgIpc) is 2.48. The van der Waals surface area contributed by atoms with E-state index in [-0.39, 0.29) is 12.5 Å². The van der Waals surface area contributed by atoms with E-state index < -0.39 is 28.1 Å². The van der Waals surface area contributed by atoms with Crippen molar-refractivity contribution in [3.63, 3.8) is 0 Å². The van der Waals surface area contributed by atoms with Gasteiger partial charge in [0, 0.05) is 16.6 Å². The van der Waals surface area contributed by atoms with Crippen LogP contribution in [0.25, 0.3) is 0 Å². The van der Waals surface area contributed by atoms with Crippen molar-refractivity contribution in [1.82, 2.24) is 10.6 Å². The number of carbonyl (C=O) groups excluding carboxylic acids is 2. The molecule has 2 amide bonds. The Balaban J connectivity index is 1.82. The van der Waals surface area contributed by atoms with E-state index in [4.69, 9.17) is 4.74 Å². The molecule has 0 spiro atoms. The predicted molar refractivity (Wildman–Crippen MR) is 74.5 cm³/mol. The van der Waals surface area contributed by atoms with Crippen molar-refractivity contribution in [2.45, 2.75) is 18.3 Å². The Kier molecular flexibility index (Phi) is 4.73. The van der Waals surface area contributed by atoms with E-state index >= 15 is 0 Å². The zero-order chi connectivity index (χ0) is 14.5. The second kappa shape index (κ2) is 6.51. The van der Waals surface area contributed by atoms with Crippen LogP contribution in [0.2, 0.25) is 0 Å². The molecule has 1 aliphatic rings. The van der Waals surface area contributed by atoms with Crippen LogP contribution in [0.1, 0.15) is 6.92 Å². The highest BCUT2D eigenvalue weighted by molar-refractivity contribution is 7.85. The lowest BCUT2D eigenvalue weighted by Crippen LogP contribution is -2.71. The number of benzene rings is 1. The number of para-hydroxylation sites is 1. The fraction of sp³-hybridized carbons (Fsp3) is 0.385. The van der Waals surface area contributed by atoms with E-state index in [1.807, 2.05) is 6.07 Å². The van der Waals surface area contributed by atoms with E-state index in [2.05, 4.69) is 10.6 Å². The zero-order valence-electron chi connectivity index (χ0n) is 11.0. The number of β-lactam (4-membered cyclic amide) rings is 1. The van der Waals surface area contributed by atoms with Gasteiger partial charge in [-0.05, 0) is 12.1 Å². The number of hydrogen-bond donors (Lipinski definition) is 2. The van der Waals surface area contributed by atoms with Crippen LogP contribution >= 0.6 is 0 Å². The molecule has 0 aromatic heterocycles. The van der Waals surface area contributed by atoms with Gasteiger partial charge in [0.1, 0.15) is 17.2 Å². The Morgan fingerprint density at radius 2 is 2.10 bits per heavy atom. The summed E-state index contributed by atoms with van der Waals surface area (Å²) in [7, 11) is -1.18. The average molecular weight is 296 g/mol. The van der Waals surface area contributed by atoms with Crippen molar-refractivity contribution in [3.8, 4) is 5.75 Å². The van der Waals surface area contributed by atoms with Crippen molar-refractivity contribution in [2.24, 2.45) is 0 Å². The Morgan fingerprint density at radius 1 is 1.40 bits per heavy atom. The normalized spacial score (nSPS) is 22.4. The Morgan fingerprint density at radius 3 is 2.70 bits per heavy atom. The predicted octanol–water partition coefficient (Wildman–Crippen LogP) is -0.225. The van der Waals surface area contributed by atoms with Crippen LogP contribution in [-0.4, -0.2) is 39.8 Å². The summed E-state index contributed by atoms with van der Waals surface area (Å²) in [6, 6.07) is 8.18. The molecule has 20 heavy (non-hydrogen) atoms. The van der Waals surface area contributed by atoms with Gasteiger partial charge in [-0.25, -0.2) is 0 Å². The highest BCUT2D eigenvalue weighted by Gasteiger charge is 2.43. The largest absolute Gasteiger partial charge is 0.484 e. The van der Waals surface area contributed by atoms with Crippen molar-refractivity contribution in [1.29, 1.82) is 0 Å². The molecule has 1 aromatic rings. The zero-order valence-corrected chi connectivity index (χ0v) is 11.8. The molecule has 2 rings (SSSR count). The molecule has 0 saturated carbocycles. The minimum Gasteiger partial charge on any atom is -0.484 e. The SMILES string of the molecule is CCS(=O)[C@H]1NC(=O)[C@H]1NC(=O)COc1ccccc1. The van der Waals surface area contributed by atoms with Crippen molar-refractivity contribution < 1.29 is 18.5 Å². The summed E-state index contributed by atoms with van der Waals surface area (Å²) >= 11 is 0. The van der Waals surface area contributed by atoms with Crippen LogP contribution < -0.4 is 15.4 Å². The second-order valence-corrected chi connectivity index (χ2v) is 6.09. The fourth-order valence-corrected chi connectivity index (χ4v) is 2.88. The van der Waals surface area contributed by atoms with Gasteiger partial charge in [0.2, 0.25) is 5.91 Å². The van der Waals surface area contributed by atoms with Crippen LogP contribution in [0.4, 0.5) is 0 Å². The molecule has 0 aliphatic carbocycles. The summed E-state index contributed by atoms with van der Waals surface area (Å²) < 4.78 is 16.9. The summed E-state index contributed by atoms with van der Waals surface area (Å²) in [4.78, 5) is 23.1. The lowest BCUT2D eigenvalue weighted by atomic mass is 10.1. The van der Waals surface area contributed by atoms with Crippen LogP contribution in [0.3, 0.4) is 0 Å². The fourth-order valence-electron chi connectivity index (χ4n) is 1.77. The van der Waals surface area contributed by atoms with Gasteiger partial charge in [-0.1, -0.05) is 25.1 Å². The summed E-state index contributed by atoms with van der Waals surface area (Å²) in [5.41, 5.74) is 0. The molecule has 0 bridgehead atoms. The first-order valence-corrected chi connectivity index (χ1v) is 7.64. The van der Waals surface area contributed by atoms with Gasteiger partial charge in [0.05, 0.1) is 0 Å². The molecule has 1 heterocycles. The summed E-state index contributed by atoms with van der Waals surface area (Å²) in [6.45, 7) is 1.58. The Hall–Kier alpha value is -1.89. The lowest BCUT2D eigenvalue weighted by Gasteiger charge is -2.35. The van der Waals surface area contributed by atoms with E-state index in [9.17, 15) is 13.8 Å². The topological polar surface area (TPSA) is 84.5 Å². The van der Waals surface area contributed by atoms with Gasteiger partial charge in [0.25, 0.3) is 5.91 Å². The third-order valence-corrected chi connectivity index (χ3v) is 4.39. The molecule has 1 fully saturated rings. The van der Waals surface area contributed by atoms with Crippen LogP contribution in [0, 0.1) is 0 Å². The maximum absolute atomic E-state index is 11.7. The quantitative estimate of drug-likeness (QED) is 0.711. The maximum atomic E-state index is 11.7. The van der Waals surface area contributed by atoms with Crippen LogP contribution in [0.15, 0.2) is 30.3 Å². The van der Waals surface area contributed by atoms with Gasteiger partial charge < -0.3 is 15.4 Å². The molecular weight excluding hydrogens is 280 g/mol. The third-order valence-electron chi connectivity index (χ3n) is 2.87. The van der Waals surface area contributed by atoms with E-state index in [1.54, 1.807) is 31.2 Å². The highest BCUT2D eigenvalue weighted by atomic mass is 32.2. The molecule has 108 valence electrons. The molecular formula is C13H16N2O4S. The molecule has 3 atom stereocenters. The smallest absolute Gasteiger partial charge is 0.258 e. The summed E-state index contributed by atoms with van der Waals surface area (Å²) in [5, 5.41) is 4.55. The molecule has 6 nitrogen and oxygen atoms in total. The first-order valence-electron chi connectivity index (χ1n) is 6.26. The molecule has 1 unspecified atom stereocenters. The third kappa shape index (κ3) is 3.36. The molecule has 1 aliphatic heterocycles. The standard InChI is InChI=1S/C13H16N2O4S/c1-2-20(18)13-11(12(17)15-13)14-10(16)8-19-9-6-4-3-5-7-9/h3-7,11,13H,2,8H2,1H3,(H,14,16)(H,15,17)/t11-,13-,20?/m1/s1. The number of rotatable bonds is 6. The molecule has 7 heteroatoms. The lowest BCUT2D eigenvalue weighted by molar-refractivity contribution is -0.135. The molecule has 2 N–H and O–H groups in total. The van der Waals surface area contributed by atoms with Gasteiger partial charge >= 0.3 is 0 Å². The molecule has 1 aromatic carbocycles. The summed E-state index contributed by atoms with van der Waals surface area (Å²) in [6.07, 6.45) is 0. The molecule has 0 radical (unpaired) electrons. The van der Waals surface area contributed by atoms with Crippen molar-refractivity contribution >= 4 is 22.6 Å². The van der Waals surface area contributed by atoms with E-state index in [1.165, 1.54) is 0 Å². The summed E-state index contributed by atoms with van der Waals surface area (Å²) in [5.74, 6) is 0.281. The number of carbonyl (C=O) groups is 2. The van der Waals surface area contributed by atoms with E-state index in [0.717, 1.165) is 0 Å². The van der Waals surface area contributed by atoms with Crippen molar-refractivity contribution in [3.05, 3.63) is 30.3 Å². The second-order valence-electron chi connectivity index (χ2n) is 4.25. The highest BCUT2D eigenvalue weighted by Crippen LogP contribution is 2.11. The number of ether oxygens (including phenoxy) is 1. The van der Waals surface area contributed by atoms with Crippen LogP contribution in [-0.2, 0) is 20.4 Å². The number of nitrogens with one attached hydrogen (secondary N) is 2. The van der Waals surface area contributed by atoms with Gasteiger partial charge in [-0.15, -0.1) is 0 Å². The number of amides is 2. The Labute approximate surface area is 119 Å². The maximum Gasteiger partial charge on any atom is 0.258 e. The Bertz CT molecular complexity index is 520. The van der Waals surface area contributed by atoms with Crippen molar-refractivity contribution in [2.75, 3.05) is 12.4 Å². The minimum atomic E-state index is -1.18. The van der Waals surface area contributed by atoms with Gasteiger partial charge in [-0.2, -0.15) is 0 Å². The molecule has 1 saturated heterocycles. The van der Waals surface area contributed by atoms with Crippen LogP contribution in [0.5, 0.6) is 5.75 Å². The number of hydrogen-bond acceptors (Lipinski definition) is 4. The monoisotopic (exact) mass is 296 g/mol. The van der Waals surface area contributed by atoms with Gasteiger partial charge in [0.15, 0.2) is 6.61 Å². The minimum absolute atomic E-state index is 0.181. The first-order chi connectivity index (χ1) is 9.61. The van der Waals surface area contributed by atoms with E-state index in [0.29, 0.717) is 11.5 Å².